The minimum absolute atomic E-state index is 0.176. The normalized spacial score (nSPS) is 29.9. The summed E-state index contributed by atoms with van der Waals surface area (Å²) in [4.78, 5) is 24.4. The third-order valence-electron chi connectivity index (χ3n) is 3.67. The van der Waals surface area contributed by atoms with Crippen LogP contribution in [0.5, 0.6) is 0 Å². The van der Waals surface area contributed by atoms with E-state index in [1.807, 2.05) is 24.3 Å². The van der Waals surface area contributed by atoms with Gasteiger partial charge in [0, 0.05) is 11.1 Å². The molecule has 20 heavy (non-hydrogen) atoms. The van der Waals surface area contributed by atoms with Gasteiger partial charge >= 0.3 is 0 Å². The maximum atomic E-state index is 12.2. The molecular formula is C14H15BrN2O3. The molecule has 5 nitrogen and oxygen atoms in total. The number of hydrogen-bond donors (Lipinski definition) is 2. The van der Waals surface area contributed by atoms with Crippen LogP contribution >= 0.6 is 15.9 Å². The molecule has 1 aromatic carbocycles. The summed E-state index contributed by atoms with van der Waals surface area (Å²) in [6.45, 7) is 0.653. The monoisotopic (exact) mass is 338 g/mol. The third kappa shape index (κ3) is 2.58. The Labute approximate surface area is 125 Å². The van der Waals surface area contributed by atoms with Crippen molar-refractivity contribution in [3.8, 4) is 0 Å². The second-order valence-electron chi connectivity index (χ2n) is 5.03. The van der Waals surface area contributed by atoms with E-state index in [-0.39, 0.29) is 17.9 Å². The molecule has 2 amide bonds. The smallest absolute Gasteiger partial charge is 0.247 e. The first-order valence-electron chi connectivity index (χ1n) is 6.63. The number of carbonyl (C=O) groups excluding carboxylic acids is 2. The van der Waals surface area contributed by atoms with Gasteiger partial charge in [-0.15, -0.1) is 0 Å². The number of hydrogen-bond acceptors (Lipinski definition) is 3. The SMILES string of the molecule is O=C1NC(C2CCCO2)C(=O)NC1c1ccc(Br)cc1. The lowest BCUT2D eigenvalue weighted by Gasteiger charge is -2.32. The van der Waals surface area contributed by atoms with Crippen LogP contribution < -0.4 is 10.6 Å². The number of nitrogens with one attached hydrogen (secondary N) is 2. The zero-order valence-electron chi connectivity index (χ0n) is 10.8. The lowest BCUT2D eigenvalue weighted by molar-refractivity contribution is -0.140. The van der Waals surface area contributed by atoms with Gasteiger partial charge in [0.05, 0.1) is 6.10 Å². The highest BCUT2D eigenvalue weighted by molar-refractivity contribution is 9.10. The highest BCUT2D eigenvalue weighted by atomic mass is 79.9. The van der Waals surface area contributed by atoms with E-state index >= 15 is 0 Å². The summed E-state index contributed by atoms with van der Waals surface area (Å²) < 4.78 is 6.42. The lowest BCUT2D eigenvalue weighted by atomic mass is 9.99. The van der Waals surface area contributed by atoms with E-state index in [0.717, 1.165) is 22.9 Å². The molecule has 0 aromatic heterocycles. The van der Waals surface area contributed by atoms with E-state index < -0.39 is 12.1 Å². The predicted octanol–water partition coefficient (Wildman–Crippen LogP) is 1.28. The number of carbonyl (C=O) groups is 2. The number of amides is 2. The van der Waals surface area contributed by atoms with Crippen LogP contribution in [-0.2, 0) is 14.3 Å². The van der Waals surface area contributed by atoms with Gasteiger partial charge in [0.15, 0.2) is 0 Å². The minimum atomic E-state index is -0.631. The fourth-order valence-electron chi connectivity index (χ4n) is 2.62. The summed E-state index contributed by atoms with van der Waals surface area (Å²) in [5.74, 6) is -0.364. The number of piperazine rings is 1. The van der Waals surface area contributed by atoms with Crippen LogP contribution in [0.4, 0.5) is 0 Å². The highest BCUT2D eigenvalue weighted by Crippen LogP contribution is 2.23. The Balaban J connectivity index is 1.75. The second kappa shape index (κ2) is 5.54. The summed E-state index contributed by atoms with van der Waals surface area (Å²) in [5, 5.41) is 5.57. The molecule has 0 bridgehead atoms. The maximum absolute atomic E-state index is 12.2. The zero-order chi connectivity index (χ0) is 14.1. The van der Waals surface area contributed by atoms with E-state index in [2.05, 4.69) is 26.6 Å². The molecule has 0 spiro atoms. The molecule has 3 rings (SSSR count). The van der Waals surface area contributed by atoms with Crippen molar-refractivity contribution in [1.82, 2.24) is 10.6 Å². The van der Waals surface area contributed by atoms with Gasteiger partial charge in [-0.2, -0.15) is 0 Å². The summed E-state index contributed by atoms with van der Waals surface area (Å²) in [6.07, 6.45) is 1.53. The maximum Gasteiger partial charge on any atom is 0.247 e. The van der Waals surface area contributed by atoms with Gasteiger partial charge in [-0.25, -0.2) is 0 Å². The van der Waals surface area contributed by atoms with Crippen molar-refractivity contribution in [3.05, 3.63) is 34.3 Å². The highest BCUT2D eigenvalue weighted by Gasteiger charge is 2.40. The van der Waals surface area contributed by atoms with Gasteiger partial charge in [0.1, 0.15) is 12.1 Å². The van der Waals surface area contributed by atoms with Crippen molar-refractivity contribution >= 4 is 27.7 Å². The number of halogens is 1. The van der Waals surface area contributed by atoms with E-state index in [0.29, 0.717) is 6.61 Å². The molecule has 2 aliphatic heterocycles. The van der Waals surface area contributed by atoms with E-state index in [4.69, 9.17) is 4.74 Å². The van der Waals surface area contributed by atoms with Crippen molar-refractivity contribution in [2.45, 2.75) is 31.0 Å². The Bertz CT molecular complexity index is 526. The Hall–Kier alpha value is -1.40. The predicted molar refractivity (Wildman–Crippen MR) is 75.9 cm³/mol. The standard InChI is InChI=1S/C14H15BrN2O3/c15-9-5-3-8(4-6-9)11-13(18)17-12(14(19)16-11)10-2-1-7-20-10/h3-6,10-12H,1-2,7H2,(H,16,19)(H,17,18). The first-order valence-corrected chi connectivity index (χ1v) is 7.42. The number of rotatable bonds is 2. The molecular weight excluding hydrogens is 324 g/mol. The minimum Gasteiger partial charge on any atom is -0.376 e. The molecule has 2 heterocycles. The summed E-state index contributed by atoms with van der Waals surface area (Å²) in [6, 6.07) is 6.13. The molecule has 0 saturated carbocycles. The molecule has 2 aliphatic rings. The Morgan fingerprint density at radius 1 is 1.10 bits per heavy atom. The Morgan fingerprint density at radius 3 is 2.50 bits per heavy atom. The average Bonchev–Trinajstić information content (AvgIpc) is 2.96. The quantitative estimate of drug-likeness (QED) is 0.853. The fourth-order valence-corrected chi connectivity index (χ4v) is 2.88. The number of ether oxygens (including phenoxy) is 1. The topological polar surface area (TPSA) is 67.4 Å². The van der Waals surface area contributed by atoms with Crippen LogP contribution in [0.3, 0.4) is 0 Å². The fraction of sp³-hybridized carbons (Fsp3) is 0.429. The van der Waals surface area contributed by atoms with E-state index in [1.54, 1.807) is 0 Å². The molecule has 2 N–H and O–H groups in total. The number of benzene rings is 1. The zero-order valence-corrected chi connectivity index (χ0v) is 12.4. The van der Waals surface area contributed by atoms with Gasteiger partial charge in [-0.1, -0.05) is 28.1 Å². The molecule has 106 valence electrons. The van der Waals surface area contributed by atoms with Crippen LogP contribution in [0, 0.1) is 0 Å². The largest absolute Gasteiger partial charge is 0.376 e. The molecule has 3 unspecified atom stereocenters. The molecule has 2 fully saturated rings. The Morgan fingerprint density at radius 2 is 1.85 bits per heavy atom. The van der Waals surface area contributed by atoms with Gasteiger partial charge in [-0.05, 0) is 30.5 Å². The van der Waals surface area contributed by atoms with Crippen molar-refractivity contribution in [3.63, 3.8) is 0 Å². The lowest BCUT2D eigenvalue weighted by Crippen LogP contribution is -2.61. The van der Waals surface area contributed by atoms with Gasteiger partial charge in [0.25, 0.3) is 0 Å². The molecule has 0 radical (unpaired) electrons. The van der Waals surface area contributed by atoms with Gasteiger partial charge in [-0.3, -0.25) is 9.59 Å². The second-order valence-corrected chi connectivity index (χ2v) is 5.95. The van der Waals surface area contributed by atoms with Gasteiger partial charge in [0.2, 0.25) is 11.8 Å². The molecule has 6 heteroatoms. The van der Waals surface area contributed by atoms with Crippen molar-refractivity contribution in [2.24, 2.45) is 0 Å². The summed E-state index contributed by atoms with van der Waals surface area (Å²) in [7, 11) is 0. The van der Waals surface area contributed by atoms with E-state index in [9.17, 15) is 9.59 Å². The van der Waals surface area contributed by atoms with Crippen molar-refractivity contribution in [1.29, 1.82) is 0 Å². The molecule has 3 atom stereocenters. The third-order valence-corrected chi connectivity index (χ3v) is 4.20. The Kier molecular flexibility index (Phi) is 3.76. The van der Waals surface area contributed by atoms with Crippen molar-refractivity contribution in [2.75, 3.05) is 6.61 Å². The van der Waals surface area contributed by atoms with Crippen molar-refractivity contribution < 1.29 is 14.3 Å². The van der Waals surface area contributed by atoms with Crippen LogP contribution in [0.2, 0.25) is 0 Å². The summed E-state index contributed by atoms with van der Waals surface area (Å²) >= 11 is 3.35. The molecule has 0 aliphatic carbocycles. The first-order chi connectivity index (χ1) is 9.65. The van der Waals surface area contributed by atoms with E-state index in [1.165, 1.54) is 0 Å². The summed E-state index contributed by atoms with van der Waals surface area (Å²) in [5.41, 5.74) is 0.768. The van der Waals surface area contributed by atoms with Crippen LogP contribution in [0.15, 0.2) is 28.7 Å². The average molecular weight is 339 g/mol. The molecule has 1 aromatic rings. The van der Waals surface area contributed by atoms with Gasteiger partial charge < -0.3 is 15.4 Å². The molecule has 2 saturated heterocycles. The van der Waals surface area contributed by atoms with Crippen LogP contribution in [0.25, 0.3) is 0 Å². The van der Waals surface area contributed by atoms with Crippen LogP contribution in [-0.4, -0.2) is 30.6 Å². The van der Waals surface area contributed by atoms with Crippen LogP contribution in [0.1, 0.15) is 24.4 Å². The first kappa shape index (κ1) is 13.6.